The third-order valence-electron chi connectivity index (χ3n) is 2.54. The van der Waals surface area contributed by atoms with Gasteiger partial charge in [0.2, 0.25) is 5.91 Å². The number of hydrogen-bond donors (Lipinski definition) is 5. The molecule has 0 fully saturated rings. The number of carbonyl (C=O) groups is 3. The highest BCUT2D eigenvalue weighted by molar-refractivity contribution is 5.83. The standard InChI is InChI=1S/C11H20N2O8/c14-9(4-2-1-3-7-21-13(19)20)12-8(11(17)18)5-6-10(15)16/h8,19-20H,1-7H2,(H,12,14)(H,15,16)(H,17,18). The van der Waals surface area contributed by atoms with E-state index in [2.05, 4.69) is 10.2 Å². The Kier molecular flexibility index (Phi) is 10.1. The molecule has 10 nitrogen and oxygen atoms in total. The predicted octanol–water partition coefficient (Wildman–Crippen LogP) is -0.00700. The lowest BCUT2D eigenvalue weighted by molar-refractivity contribution is -0.492. The lowest BCUT2D eigenvalue weighted by Gasteiger charge is -2.13. The molecule has 0 radical (unpaired) electrons. The van der Waals surface area contributed by atoms with Crippen LogP contribution in [0.15, 0.2) is 0 Å². The van der Waals surface area contributed by atoms with E-state index in [1.165, 1.54) is 0 Å². The monoisotopic (exact) mass is 308 g/mol. The van der Waals surface area contributed by atoms with Gasteiger partial charge in [-0.25, -0.2) is 4.79 Å². The molecule has 1 amide bonds. The number of amides is 1. The zero-order valence-electron chi connectivity index (χ0n) is 11.4. The Labute approximate surface area is 120 Å². The fraction of sp³-hybridized carbons (Fsp3) is 0.727. The van der Waals surface area contributed by atoms with Gasteiger partial charge in [-0.15, -0.1) is 0 Å². The van der Waals surface area contributed by atoms with E-state index in [0.717, 1.165) is 0 Å². The molecule has 122 valence electrons. The van der Waals surface area contributed by atoms with Crippen LogP contribution in [0.5, 0.6) is 0 Å². The molecular weight excluding hydrogens is 288 g/mol. The Morgan fingerprint density at radius 3 is 2.24 bits per heavy atom. The molecule has 0 aliphatic heterocycles. The summed E-state index contributed by atoms with van der Waals surface area (Å²) in [6.07, 6.45) is 1.12. The second-order valence-electron chi connectivity index (χ2n) is 4.29. The second-order valence-corrected chi connectivity index (χ2v) is 4.29. The van der Waals surface area contributed by atoms with Crippen LogP contribution >= 0.6 is 0 Å². The van der Waals surface area contributed by atoms with Gasteiger partial charge in [0.1, 0.15) is 6.04 Å². The normalized spacial score (nSPS) is 12.1. The lowest BCUT2D eigenvalue weighted by atomic mass is 10.1. The van der Waals surface area contributed by atoms with Crippen molar-refractivity contribution in [2.75, 3.05) is 6.61 Å². The van der Waals surface area contributed by atoms with Gasteiger partial charge in [0.15, 0.2) is 0 Å². The molecule has 0 bridgehead atoms. The average Bonchev–Trinajstić information content (AvgIpc) is 2.37. The van der Waals surface area contributed by atoms with Crippen LogP contribution in [0.2, 0.25) is 0 Å². The van der Waals surface area contributed by atoms with Crippen LogP contribution in [0.1, 0.15) is 38.5 Å². The van der Waals surface area contributed by atoms with Gasteiger partial charge in [-0.05, 0) is 19.3 Å². The molecule has 0 rings (SSSR count). The molecule has 0 aliphatic rings. The molecule has 0 aromatic carbocycles. The van der Waals surface area contributed by atoms with E-state index in [4.69, 9.17) is 20.6 Å². The Morgan fingerprint density at radius 1 is 1.05 bits per heavy atom. The zero-order chi connectivity index (χ0) is 16.3. The van der Waals surface area contributed by atoms with Gasteiger partial charge >= 0.3 is 11.9 Å². The van der Waals surface area contributed by atoms with Crippen molar-refractivity contribution in [3.8, 4) is 0 Å². The average molecular weight is 308 g/mol. The Hall–Kier alpha value is -1.75. The number of nitrogens with zero attached hydrogens (tertiary/aromatic N) is 1. The van der Waals surface area contributed by atoms with E-state index < -0.39 is 29.3 Å². The minimum Gasteiger partial charge on any atom is -0.481 e. The minimum absolute atomic E-state index is 0.0744. The van der Waals surface area contributed by atoms with Crippen molar-refractivity contribution >= 4 is 17.8 Å². The number of rotatable bonds is 12. The molecule has 1 unspecified atom stereocenters. The molecule has 0 spiro atoms. The van der Waals surface area contributed by atoms with E-state index in [1.54, 1.807) is 0 Å². The third kappa shape index (κ3) is 11.8. The largest absolute Gasteiger partial charge is 0.481 e. The first-order valence-electron chi connectivity index (χ1n) is 6.37. The molecule has 0 saturated carbocycles. The quantitative estimate of drug-likeness (QED) is 0.247. The molecule has 1 atom stereocenters. The molecule has 0 aromatic heterocycles. The van der Waals surface area contributed by atoms with E-state index in [1.807, 2.05) is 0 Å². The van der Waals surface area contributed by atoms with Gasteiger partial charge < -0.3 is 15.5 Å². The highest BCUT2D eigenvalue weighted by Gasteiger charge is 2.20. The van der Waals surface area contributed by atoms with Crippen LogP contribution in [0.25, 0.3) is 0 Å². The zero-order valence-corrected chi connectivity index (χ0v) is 11.4. The summed E-state index contributed by atoms with van der Waals surface area (Å²) in [5, 5.41) is 35.7. The summed E-state index contributed by atoms with van der Waals surface area (Å²) in [5.74, 6) is -2.87. The first-order chi connectivity index (χ1) is 9.82. The fourth-order valence-electron chi connectivity index (χ4n) is 1.50. The molecule has 0 aromatic rings. The second kappa shape index (κ2) is 11.0. The smallest absolute Gasteiger partial charge is 0.326 e. The van der Waals surface area contributed by atoms with E-state index >= 15 is 0 Å². The predicted molar refractivity (Wildman–Crippen MR) is 66.3 cm³/mol. The number of hydrogen-bond acceptors (Lipinski definition) is 7. The van der Waals surface area contributed by atoms with Crippen LogP contribution in [0.3, 0.4) is 0 Å². The summed E-state index contributed by atoms with van der Waals surface area (Å²) >= 11 is 0. The highest BCUT2D eigenvalue weighted by atomic mass is 17.1. The molecule has 21 heavy (non-hydrogen) atoms. The van der Waals surface area contributed by atoms with Crippen molar-refractivity contribution < 1.29 is 39.8 Å². The van der Waals surface area contributed by atoms with Gasteiger partial charge in [0.05, 0.1) is 12.0 Å². The topological polar surface area (TPSA) is 157 Å². The first-order valence-corrected chi connectivity index (χ1v) is 6.37. The molecule has 0 saturated heterocycles. The van der Waals surface area contributed by atoms with Crippen LogP contribution in [-0.2, 0) is 19.2 Å². The maximum Gasteiger partial charge on any atom is 0.326 e. The third-order valence-corrected chi connectivity index (χ3v) is 2.54. The molecular formula is C11H20N2O8. The number of carboxylic acids is 2. The van der Waals surface area contributed by atoms with Crippen molar-refractivity contribution in [2.45, 2.75) is 44.6 Å². The number of carboxylic acid groups (broad SMARTS) is 2. The van der Waals surface area contributed by atoms with Crippen LogP contribution < -0.4 is 5.32 Å². The Morgan fingerprint density at radius 2 is 1.71 bits per heavy atom. The SMILES string of the molecule is O=C(O)CCC(NC(=O)CCCCCON(O)O)C(=O)O. The number of nitrogens with one attached hydrogen (secondary N) is 1. The summed E-state index contributed by atoms with van der Waals surface area (Å²) in [6.45, 7) is 0.0744. The Balaban J connectivity index is 3.83. The maximum absolute atomic E-state index is 11.5. The molecule has 5 N–H and O–H groups in total. The van der Waals surface area contributed by atoms with Crippen LogP contribution in [0.4, 0.5) is 0 Å². The van der Waals surface area contributed by atoms with Crippen LogP contribution in [-0.4, -0.2) is 56.5 Å². The number of aliphatic carboxylic acids is 2. The van der Waals surface area contributed by atoms with Crippen molar-refractivity contribution in [1.29, 1.82) is 0 Å². The summed E-state index contributed by atoms with van der Waals surface area (Å²) in [4.78, 5) is 37.0. The van der Waals surface area contributed by atoms with E-state index in [-0.39, 0.29) is 25.9 Å². The summed E-state index contributed by atoms with van der Waals surface area (Å²) < 4.78 is 0. The van der Waals surface area contributed by atoms with Crippen molar-refractivity contribution in [1.82, 2.24) is 10.7 Å². The van der Waals surface area contributed by atoms with Gasteiger partial charge in [-0.1, -0.05) is 6.42 Å². The van der Waals surface area contributed by atoms with Crippen molar-refractivity contribution in [3.63, 3.8) is 0 Å². The van der Waals surface area contributed by atoms with Crippen molar-refractivity contribution in [2.24, 2.45) is 0 Å². The number of unbranched alkanes of at least 4 members (excludes halogenated alkanes) is 2. The summed E-state index contributed by atoms with van der Waals surface area (Å²) in [5.41, 5.74) is 0. The van der Waals surface area contributed by atoms with Gasteiger partial charge in [0.25, 0.3) is 0 Å². The number of carbonyl (C=O) groups excluding carboxylic acids is 1. The van der Waals surface area contributed by atoms with Gasteiger partial charge in [0, 0.05) is 12.8 Å². The van der Waals surface area contributed by atoms with E-state index in [0.29, 0.717) is 19.3 Å². The first kappa shape index (κ1) is 19.2. The highest BCUT2D eigenvalue weighted by Crippen LogP contribution is 2.03. The molecule has 10 heteroatoms. The summed E-state index contributed by atoms with van der Waals surface area (Å²) in [6, 6.07) is -1.21. The molecule has 0 heterocycles. The van der Waals surface area contributed by atoms with E-state index in [9.17, 15) is 14.4 Å². The van der Waals surface area contributed by atoms with Crippen molar-refractivity contribution in [3.05, 3.63) is 0 Å². The lowest BCUT2D eigenvalue weighted by Crippen LogP contribution is -2.41. The Bertz CT molecular complexity index is 347. The van der Waals surface area contributed by atoms with Gasteiger partial charge in [-0.2, -0.15) is 0 Å². The maximum atomic E-state index is 11.5. The fourth-order valence-corrected chi connectivity index (χ4v) is 1.50. The van der Waals surface area contributed by atoms with Crippen LogP contribution in [0, 0.1) is 0 Å². The summed E-state index contributed by atoms with van der Waals surface area (Å²) in [7, 11) is 0. The van der Waals surface area contributed by atoms with Gasteiger partial charge in [-0.3, -0.25) is 24.8 Å². The molecule has 0 aliphatic carbocycles. The minimum atomic E-state index is -1.27.